The molecule has 2 aromatic rings. The van der Waals surface area contributed by atoms with E-state index in [9.17, 15) is 54.6 Å². The van der Waals surface area contributed by atoms with Crippen LogP contribution in [0.15, 0.2) is 36.4 Å². The van der Waals surface area contributed by atoms with Crippen molar-refractivity contribution in [1.29, 1.82) is 0 Å². The van der Waals surface area contributed by atoms with Crippen molar-refractivity contribution < 1.29 is 73.6 Å². The first-order chi connectivity index (χ1) is 19.4. The molecule has 0 spiro atoms. The Hall–Kier alpha value is -4.11. The maximum absolute atomic E-state index is 13.4. The van der Waals surface area contributed by atoms with Crippen molar-refractivity contribution in [3.63, 3.8) is 0 Å². The van der Waals surface area contributed by atoms with Crippen LogP contribution in [0.5, 0.6) is 23.0 Å². The zero-order chi connectivity index (χ0) is 30.9. The minimum Gasteiger partial charge on any atom is -0.507 e. The van der Waals surface area contributed by atoms with E-state index in [-0.39, 0.29) is 30.1 Å². The van der Waals surface area contributed by atoms with E-state index in [4.69, 9.17) is 18.9 Å². The van der Waals surface area contributed by atoms with Gasteiger partial charge in [-0.15, -0.1) is 0 Å². The van der Waals surface area contributed by atoms with E-state index in [1.54, 1.807) is 0 Å². The normalized spacial score (nSPS) is 26.6. The number of carbonyl (C=O) groups excluding carboxylic acids is 3. The van der Waals surface area contributed by atoms with E-state index in [0.717, 1.165) is 24.3 Å². The summed E-state index contributed by atoms with van der Waals surface area (Å²) in [7, 11) is 0. The van der Waals surface area contributed by atoms with Gasteiger partial charge in [-0.05, 0) is 42.8 Å². The van der Waals surface area contributed by atoms with Gasteiger partial charge in [0.25, 0.3) is 0 Å². The second-order valence-corrected chi connectivity index (χ2v) is 10.1. The van der Waals surface area contributed by atoms with Crippen LogP contribution in [0.4, 0.5) is 35.1 Å². The fourth-order valence-electron chi connectivity index (χ4n) is 5.69. The summed E-state index contributed by atoms with van der Waals surface area (Å²) in [6.45, 7) is 0.331. The first-order valence-electron chi connectivity index (χ1n) is 12.2. The van der Waals surface area contributed by atoms with E-state index < -0.39 is 94.7 Å². The lowest BCUT2D eigenvalue weighted by Gasteiger charge is -2.30. The van der Waals surface area contributed by atoms with Crippen LogP contribution < -0.4 is 9.47 Å². The summed E-state index contributed by atoms with van der Waals surface area (Å²) in [6, 6.07) is 4.68. The molecule has 16 heteroatoms. The van der Waals surface area contributed by atoms with Crippen LogP contribution in [0.2, 0.25) is 0 Å². The summed E-state index contributed by atoms with van der Waals surface area (Å²) in [5.41, 5.74) is -3.94. The van der Waals surface area contributed by atoms with E-state index in [0.29, 0.717) is 6.92 Å². The number of aromatic hydroxyl groups is 1. The first kappa shape index (κ1) is 29.4. The molecule has 226 valence electrons. The lowest BCUT2D eigenvalue weighted by molar-refractivity contribution is -0.185. The average Bonchev–Trinajstić information content (AvgIpc) is 3.48. The van der Waals surface area contributed by atoms with E-state index in [2.05, 4.69) is 0 Å². The van der Waals surface area contributed by atoms with Crippen LogP contribution in [0.1, 0.15) is 24.5 Å². The van der Waals surface area contributed by atoms with Gasteiger partial charge in [-0.1, -0.05) is 0 Å². The van der Waals surface area contributed by atoms with Crippen LogP contribution in [0, 0.1) is 23.7 Å². The molecule has 1 saturated heterocycles. The number of fused-ring (bicyclic) bond motifs is 1. The van der Waals surface area contributed by atoms with Crippen LogP contribution in [-0.2, 0) is 36.2 Å². The van der Waals surface area contributed by atoms with Crippen molar-refractivity contribution in [1.82, 2.24) is 0 Å². The molecule has 42 heavy (non-hydrogen) atoms. The molecule has 0 radical (unpaired) electrons. The highest BCUT2D eigenvalue weighted by atomic mass is 19.4. The third-order valence-corrected chi connectivity index (χ3v) is 7.39. The van der Waals surface area contributed by atoms with Crippen molar-refractivity contribution in [2.75, 3.05) is 0 Å². The van der Waals surface area contributed by atoms with Crippen molar-refractivity contribution in [2.45, 2.75) is 43.8 Å². The fourth-order valence-corrected chi connectivity index (χ4v) is 5.69. The van der Waals surface area contributed by atoms with Crippen LogP contribution in [0.3, 0.4) is 0 Å². The van der Waals surface area contributed by atoms with Crippen LogP contribution in [0.25, 0.3) is 0 Å². The highest BCUT2D eigenvalue weighted by Gasteiger charge is 2.70. The predicted molar refractivity (Wildman–Crippen MR) is 119 cm³/mol. The quantitative estimate of drug-likeness (QED) is 0.260. The number of halogens is 8. The Morgan fingerprint density at radius 3 is 1.95 bits per heavy atom. The van der Waals surface area contributed by atoms with Crippen molar-refractivity contribution >= 4 is 17.9 Å². The van der Waals surface area contributed by atoms with Crippen molar-refractivity contribution in [3.05, 3.63) is 47.5 Å². The smallest absolute Gasteiger partial charge is 0.420 e. The molecule has 1 heterocycles. The highest BCUT2D eigenvalue weighted by Crippen LogP contribution is 2.59. The molecule has 3 fully saturated rings. The monoisotopic (exact) mass is 610 g/mol. The number of phenols is 1. The molecule has 1 N–H and O–H groups in total. The second kappa shape index (κ2) is 9.73. The molecule has 6 atom stereocenters. The molecular weight excluding hydrogens is 592 g/mol. The molecule has 8 nitrogen and oxygen atoms in total. The largest absolute Gasteiger partial charge is 0.507 e. The third kappa shape index (κ3) is 5.17. The SMILES string of the molecule is CC(F)(F)C(=O)OC1C2CC3C1OC(=O)C3C2C(=O)Oc1ccc(Oc2cc(C(F)(F)F)c(O)c(C(F)(F)F)c2)cc1. The molecule has 2 aromatic carbocycles. The summed E-state index contributed by atoms with van der Waals surface area (Å²) >= 11 is 0. The number of esters is 3. The summed E-state index contributed by atoms with van der Waals surface area (Å²) in [5.74, 6) is -14.3. The number of alkyl halides is 8. The average molecular weight is 610 g/mol. The number of rotatable bonds is 6. The Balaban J connectivity index is 1.32. The number of benzene rings is 2. The fraction of sp³-hybridized carbons (Fsp3) is 0.423. The second-order valence-electron chi connectivity index (χ2n) is 10.1. The molecule has 1 aliphatic heterocycles. The Labute approximate surface area is 230 Å². The van der Waals surface area contributed by atoms with Gasteiger partial charge in [0.15, 0.2) is 0 Å². The molecule has 5 rings (SSSR count). The maximum Gasteiger partial charge on any atom is 0.420 e. The molecule has 3 aliphatic rings. The van der Waals surface area contributed by atoms with Crippen molar-refractivity contribution in [3.8, 4) is 23.0 Å². The van der Waals surface area contributed by atoms with Crippen LogP contribution in [-0.4, -0.2) is 41.1 Å². The molecule has 2 bridgehead atoms. The van der Waals surface area contributed by atoms with Crippen molar-refractivity contribution in [2.24, 2.45) is 23.7 Å². The minimum absolute atomic E-state index is 0.163. The van der Waals surface area contributed by atoms with Gasteiger partial charge < -0.3 is 24.1 Å². The van der Waals surface area contributed by atoms with Gasteiger partial charge in [0.2, 0.25) is 0 Å². The molecule has 6 unspecified atom stereocenters. The lowest BCUT2D eigenvalue weighted by atomic mass is 9.78. The number of hydrogen-bond acceptors (Lipinski definition) is 8. The zero-order valence-electron chi connectivity index (χ0n) is 21.0. The molecule has 2 aliphatic carbocycles. The molecule has 0 aromatic heterocycles. The Morgan fingerprint density at radius 2 is 1.43 bits per heavy atom. The highest BCUT2D eigenvalue weighted by molar-refractivity contribution is 5.87. The summed E-state index contributed by atoms with van der Waals surface area (Å²) < 4.78 is 127. The maximum atomic E-state index is 13.4. The number of ether oxygens (including phenoxy) is 4. The number of phenolic OH excluding ortho intramolecular Hbond substituents is 1. The van der Waals surface area contributed by atoms with Gasteiger partial charge in [0.05, 0.1) is 11.8 Å². The van der Waals surface area contributed by atoms with Gasteiger partial charge in [-0.2, -0.15) is 35.1 Å². The molecule has 0 amide bonds. The van der Waals surface area contributed by atoms with Gasteiger partial charge in [-0.25, -0.2) is 4.79 Å². The van der Waals surface area contributed by atoms with Gasteiger partial charge in [0, 0.05) is 18.8 Å². The minimum atomic E-state index is -5.33. The van der Waals surface area contributed by atoms with E-state index >= 15 is 0 Å². The Bertz CT molecular complexity index is 1390. The molecular formula is C26H18F8O8. The first-order valence-corrected chi connectivity index (χ1v) is 12.2. The van der Waals surface area contributed by atoms with Gasteiger partial charge in [0.1, 0.15) is 46.3 Å². The topological polar surface area (TPSA) is 108 Å². The van der Waals surface area contributed by atoms with Crippen LogP contribution >= 0.6 is 0 Å². The molecule has 2 saturated carbocycles. The van der Waals surface area contributed by atoms with Gasteiger partial charge >= 0.3 is 36.2 Å². The summed E-state index contributed by atoms with van der Waals surface area (Å²) in [6.07, 6.45) is -12.8. The number of carbonyl (C=O) groups is 3. The summed E-state index contributed by atoms with van der Waals surface area (Å²) in [5, 5.41) is 9.52. The third-order valence-electron chi connectivity index (χ3n) is 7.39. The zero-order valence-corrected chi connectivity index (χ0v) is 21.0. The Morgan fingerprint density at radius 1 is 0.881 bits per heavy atom. The summed E-state index contributed by atoms with van der Waals surface area (Å²) in [4.78, 5) is 37.2. The standard InChI is InChI=1S/C26H18F8O8/c1-24(27,28)23(38)42-20-13-8-12-17(22(37)41-19(12)20)16(13)21(36)40-10-4-2-9(3-5-10)39-11-6-14(25(29,30)31)18(35)15(7-11)26(32,33)34/h2-7,12-13,16-17,19-20,35H,8H2,1H3. The van der Waals surface area contributed by atoms with E-state index in [1.165, 1.54) is 0 Å². The van der Waals surface area contributed by atoms with Gasteiger partial charge in [-0.3, -0.25) is 9.59 Å². The predicted octanol–water partition coefficient (Wildman–Crippen LogP) is 5.50. The Kier molecular flexibility index (Phi) is 6.81. The number of hydrogen-bond donors (Lipinski definition) is 1. The van der Waals surface area contributed by atoms with E-state index in [1.807, 2.05) is 0 Å². The lowest BCUT2D eigenvalue weighted by Crippen LogP contribution is -2.46.